The van der Waals surface area contributed by atoms with Crippen molar-refractivity contribution in [3.63, 3.8) is 0 Å². The molecule has 4 saturated heterocycles. The molecule has 0 unspecified atom stereocenters. The number of anilines is 3. The Morgan fingerprint density at radius 3 is 2.08 bits per heavy atom. The van der Waals surface area contributed by atoms with Crippen LogP contribution in [0.1, 0.15) is 39.0 Å². The van der Waals surface area contributed by atoms with Crippen molar-refractivity contribution in [3.8, 4) is 0 Å². The SMILES string of the molecule is [C-]#[N+]c1ccc(N2CC3(CCN(c4ccc(N5CCC(N(C)C6CNC6)CC5)cc4)CC3)C[C@@H]2C)cc1Cl. The molecule has 4 fully saturated rings. The summed E-state index contributed by atoms with van der Waals surface area (Å²) in [7, 11) is 2.32. The van der Waals surface area contributed by atoms with E-state index in [9.17, 15) is 0 Å². The number of piperidine rings is 2. The molecule has 1 atom stereocenters. The van der Waals surface area contributed by atoms with E-state index in [2.05, 4.69) is 74.1 Å². The monoisotopic (exact) mass is 532 g/mol. The van der Waals surface area contributed by atoms with Crippen LogP contribution in [0, 0.1) is 12.0 Å². The van der Waals surface area contributed by atoms with E-state index in [1.54, 1.807) is 0 Å². The Bertz CT molecular complexity index is 1160. The molecular weight excluding hydrogens is 492 g/mol. The fourth-order valence-corrected chi connectivity index (χ4v) is 7.51. The Hall–Kier alpha value is -2.46. The first kappa shape index (κ1) is 25.8. The Morgan fingerprint density at radius 1 is 0.921 bits per heavy atom. The van der Waals surface area contributed by atoms with Crippen LogP contribution >= 0.6 is 11.6 Å². The first-order chi connectivity index (χ1) is 18.4. The summed E-state index contributed by atoms with van der Waals surface area (Å²) in [5, 5.41) is 3.97. The lowest BCUT2D eigenvalue weighted by Gasteiger charge is -2.44. The Kier molecular flexibility index (Phi) is 7.20. The molecule has 0 bridgehead atoms. The highest BCUT2D eigenvalue weighted by Gasteiger charge is 2.44. The van der Waals surface area contributed by atoms with Crippen LogP contribution in [0.15, 0.2) is 42.5 Å². The predicted molar refractivity (Wildman–Crippen MR) is 159 cm³/mol. The fraction of sp³-hybridized carbons (Fsp3) is 0.581. The molecule has 0 amide bonds. The van der Waals surface area contributed by atoms with E-state index in [-0.39, 0.29) is 0 Å². The Morgan fingerprint density at radius 2 is 1.53 bits per heavy atom. The van der Waals surface area contributed by atoms with Gasteiger partial charge in [-0.05, 0) is 87.9 Å². The van der Waals surface area contributed by atoms with Gasteiger partial charge >= 0.3 is 0 Å². The van der Waals surface area contributed by atoms with E-state index >= 15 is 0 Å². The third-order valence-electron chi connectivity index (χ3n) is 9.93. The molecule has 4 aliphatic heterocycles. The minimum absolute atomic E-state index is 0.369. The van der Waals surface area contributed by atoms with Crippen LogP contribution in [0.4, 0.5) is 22.7 Å². The number of nitrogens with one attached hydrogen (secondary N) is 1. The number of benzene rings is 2. The van der Waals surface area contributed by atoms with Crippen LogP contribution < -0.4 is 20.0 Å². The molecule has 6 rings (SSSR count). The molecule has 4 heterocycles. The van der Waals surface area contributed by atoms with E-state index in [1.807, 2.05) is 12.1 Å². The maximum atomic E-state index is 7.27. The summed E-state index contributed by atoms with van der Waals surface area (Å²) in [4.78, 5) is 13.8. The van der Waals surface area contributed by atoms with E-state index in [0.29, 0.717) is 22.2 Å². The van der Waals surface area contributed by atoms with Crippen molar-refractivity contribution in [3.05, 3.63) is 58.9 Å². The lowest BCUT2D eigenvalue weighted by atomic mass is 9.76. The van der Waals surface area contributed by atoms with Gasteiger partial charge in [-0.1, -0.05) is 17.7 Å². The van der Waals surface area contributed by atoms with Crippen LogP contribution in [0.2, 0.25) is 5.02 Å². The average Bonchev–Trinajstić information content (AvgIpc) is 3.23. The third kappa shape index (κ3) is 4.97. The van der Waals surface area contributed by atoms with Gasteiger partial charge in [-0.15, -0.1) is 0 Å². The summed E-state index contributed by atoms with van der Waals surface area (Å²) in [6, 6.07) is 17.2. The summed E-state index contributed by atoms with van der Waals surface area (Å²) < 4.78 is 0. The van der Waals surface area contributed by atoms with Gasteiger partial charge in [0.15, 0.2) is 0 Å². The van der Waals surface area contributed by atoms with E-state index in [0.717, 1.165) is 63.6 Å². The Balaban J connectivity index is 1.03. The highest BCUT2D eigenvalue weighted by atomic mass is 35.5. The Labute approximate surface area is 233 Å². The van der Waals surface area contributed by atoms with Gasteiger partial charge < -0.3 is 20.0 Å². The standard InChI is InChI=1S/C31H41ClN6/c1-23-19-31(22-38(23)27-8-9-30(33-2)29(32)18-27)12-16-37(17-13-31)26-6-4-25(5-7-26)36-14-10-24(11-15-36)35(3)28-20-34-21-28/h4-9,18,23-24,28,34H,10-17,19-22H2,1,3H3/t23-/m0/s1. The fourth-order valence-electron chi connectivity index (χ4n) is 7.30. The van der Waals surface area contributed by atoms with Crippen LogP contribution in [-0.4, -0.2) is 75.9 Å². The zero-order valence-electron chi connectivity index (χ0n) is 22.9. The minimum atomic E-state index is 0.369. The largest absolute Gasteiger partial charge is 0.371 e. The van der Waals surface area contributed by atoms with Gasteiger partial charge in [0.05, 0.1) is 6.57 Å². The van der Waals surface area contributed by atoms with Gasteiger partial charge in [-0.25, -0.2) is 4.85 Å². The third-order valence-corrected chi connectivity index (χ3v) is 10.2. The van der Waals surface area contributed by atoms with Gasteiger partial charge in [-0.2, -0.15) is 0 Å². The van der Waals surface area contributed by atoms with Crippen LogP contribution in [0.25, 0.3) is 4.85 Å². The molecule has 1 N–H and O–H groups in total. The molecule has 0 aliphatic carbocycles. The quantitative estimate of drug-likeness (QED) is 0.503. The van der Waals surface area contributed by atoms with Gasteiger partial charge in [-0.3, -0.25) is 4.90 Å². The highest BCUT2D eigenvalue weighted by molar-refractivity contribution is 6.33. The number of halogens is 1. The molecule has 7 heteroatoms. The van der Waals surface area contributed by atoms with E-state index < -0.39 is 0 Å². The molecule has 0 aromatic heterocycles. The van der Waals surface area contributed by atoms with Crippen molar-refractivity contribution < 1.29 is 0 Å². The molecule has 2 aromatic carbocycles. The van der Waals surface area contributed by atoms with Crippen molar-refractivity contribution in [2.45, 2.75) is 57.2 Å². The number of hydrogen-bond donors (Lipinski definition) is 1. The second-order valence-electron chi connectivity index (χ2n) is 12.1. The second kappa shape index (κ2) is 10.6. The smallest absolute Gasteiger partial charge is 0.205 e. The number of rotatable bonds is 5. The van der Waals surface area contributed by atoms with Crippen molar-refractivity contribution in [1.82, 2.24) is 10.2 Å². The van der Waals surface area contributed by atoms with Crippen LogP contribution in [0.5, 0.6) is 0 Å². The zero-order chi connectivity index (χ0) is 26.3. The van der Waals surface area contributed by atoms with E-state index in [1.165, 1.54) is 43.5 Å². The second-order valence-corrected chi connectivity index (χ2v) is 12.5. The van der Waals surface area contributed by atoms with Crippen molar-refractivity contribution in [2.75, 3.05) is 67.6 Å². The van der Waals surface area contributed by atoms with Crippen LogP contribution in [0.3, 0.4) is 0 Å². The lowest BCUT2D eigenvalue weighted by Crippen LogP contribution is -2.59. The van der Waals surface area contributed by atoms with Crippen LogP contribution in [-0.2, 0) is 0 Å². The summed E-state index contributed by atoms with van der Waals surface area (Å²) in [5.74, 6) is 0. The van der Waals surface area contributed by atoms with E-state index in [4.69, 9.17) is 18.2 Å². The molecular formula is C31H41ClN6. The molecule has 1 spiro atoms. The average molecular weight is 533 g/mol. The highest BCUT2D eigenvalue weighted by Crippen LogP contribution is 2.46. The normalized spacial score (nSPS) is 24.2. The predicted octanol–water partition coefficient (Wildman–Crippen LogP) is 5.65. The van der Waals surface area contributed by atoms with Gasteiger partial charge in [0, 0.05) is 86.0 Å². The zero-order valence-corrected chi connectivity index (χ0v) is 23.6. The molecule has 0 radical (unpaired) electrons. The van der Waals surface area contributed by atoms with Crippen molar-refractivity contribution >= 4 is 34.4 Å². The molecule has 6 nitrogen and oxygen atoms in total. The van der Waals surface area contributed by atoms with Gasteiger partial charge in [0.2, 0.25) is 5.69 Å². The summed E-state index contributed by atoms with van der Waals surface area (Å²) in [5.41, 5.74) is 4.79. The molecule has 0 saturated carbocycles. The summed E-state index contributed by atoms with van der Waals surface area (Å²) >= 11 is 6.36. The van der Waals surface area contributed by atoms with Crippen molar-refractivity contribution in [2.24, 2.45) is 5.41 Å². The first-order valence-corrected chi connectivity index (χ1v) is 14.8. The maximum Gasteiger partial charge on any atom is 0.205 e. The maximum absolute atomic E-state index is 7.27. The molecule has 4 aliphatic rings. The number of likely N-dealkylation sites (N-methyl/N-ethyl adjacent to an activating group) is 1. The summed E-state index contributed by atoms with van der Waals surface area (Å²) in [6.07, 6.45) is 6.19. The van der Waals surface area contributed by atoms with Crippen molar-refractivity contribution in [1.29, 1.82) is 0 Å². The topological polar surface area (TPSA) is 29.4 Å². The molecule has 38 heavy (non-hydrogen) atoms. The molecule has 202 valence electrons. The number of hydrogen-bond acceptors (Lipinski definition) is 5. The number of nitrogens with zero attached hydrogens (tertiary/aromatic N) is 5. The molecule has 2 aromatic rings. The first-order valence-electron chi connectivity index (χ1n) is 14.4. The lowest BCUT2D eigenvalue weighted by molar-refractivity contribution is 0.111. The summed E-state index contributed by atoms with van der Waals surface area (Å²) in [6.45, 7) is 17.5. The minimum Gasteiger partial charge on any atom is -0.371 e. The van der Waals surface area contributed by atoms with Gasteiger partial charge in [0.1, 0.15) is 0 Å². The van der Waals surface area contributed by atoms with Gasteiger partial charge in [0.25, 0.3) is 0 Å².